The highest BCUT2D eigenvalue weighted by molar-refractivity contribution is 7.89. The number of ether oxygens (including phenoxy) is 1. The Labute approximate surface area is 146 Å². The first kappa shape index (κ1) is 18.4. The number of carbonyl (C=O) groups is 1. The largest absolute Gasteiger partial charge is 0.465 e. The van der Waals surface area contributed by atoms with Crippen molar-refractivity contribution in [1.82, 2.24) is 4.72 Å². The molecule has 0 fully saturated rings. The van der Waals surface area contributed by atoms with Crippen molar-refractivity contribution in [3.63, 3.8) is 0 Å². The van der Waals surface area contributed by atoms with Crippen LogP contribution in [0.1, 0.15) is 24.1 Å². The molecule has 0 heterocycles. The molecule has 2 aromatic rings. The Hall–Kier alpha value is -1.89. The topological polar surface area (TPSA) is 72.5 Å². The summed E-state index contributed by atoms with van der Waals surface area (Å²) < 4.78 is 32.5. The summed E-state index contributed by atoms with van der Waals surface area (Å²) in [5.41, 5.74) is 1.39. The van der Waals surface area contributed by atoms with Gasteiger partial charge in [0.15, 0.2) is 0 Å². The van der Waals surface area contributed by atoms with Gasteiger partial charge in [-0.1, -0.05) is 41.4 Å². The molecular weight excluding hydrogens is 350 g/mol. The number of aryl methyl sites for hydroxylation is 1. The maximum absolute atomic E-state index is 12.6. The van der Waals surface area contributed by atoms with Gasteiger partial charge in [-0.15, -0.1) is 0 Å². The lowest BCUT2D eigenvalue weighted by Gasteiger charge is -2.18. The summed E-state index contributed by atoms with van der Waals surface area (Å²) in [6.07, 6.45) is 0. The highest BCUT2D eigenvalue weighted by atomic mass is 35.5. The molecule has 0 aromatic heterocycles. The molecule has 0 aliphatic rings. The summed E-state index contributed by atoms with van der Waals surface area (Å²) in [6, 6.07) is 11.6. The predicted molar refractivity (Wildman–Crippen MR) is 92.3 cm³/mol. The fourth-order valence-electron chi connectivity index (χ4n) is 2.07. The van der Waals surface area contributed by atoms with E-state index in [4.69, 9.17) is 16.3 Å². The van der Waals surface area contributed by atoms with Crippen molar-refractivity contribution in [3.8, 4) is 0 Å². The monoisotopic (exact) mass is 367 g/mol. The number of esters is 1. The number of sulfonamides is 1. The molecule has 0 radical (unpaired) electrons. The summed E-state index contributed by atoms with van der Waals surface area (Å²) in [5, 5.41) is 0.489. The van der Waals surface area contributed by atoms with Crippen LogP contribution in [0.15, 0.2) is 53.4 Å². The van der Waals surface area contributed by atoms with E-state index in [2.05, 4.69) is 4.72 Å². The number of carbonyl (C=O) groups excluding carboxylic acids is 1. The average Bonchev–Trinajstić information content (AvgIpc) is 2.54. The maximum Gasteiger partial charge on any atom is 0.328 e. The zero-order valence-electron chi connectivity index (χ0n) is 13.3. The van der Waals surface area contributed by atoms with Crippen molar-refractivity contribution in [1.29, 1.82) is 0 Å². The van der Waals surface area contributed by atoms with Gasteiger partial charge in [-0.25, -0.2) is 13.2 Å². The summed E-state index contributed by atoms with van der Waals surface area (Å²) >= 11 is 5.85. The molecule has 1 N–H and O–H groups in total. The first-order chi connectivity index (χ1) is 11.3. The maximum atomic E-state index is 12.6. The third-order valence-corrected chi connectivity index (χ3v) is 5.02. The standard InChI is InChI=1S/C17H18ClNO4S/c1-3-23-17(20)16(13-6-8-14(18)9-7-13)19-24(21,22)15-10-4-12(2)5-11-15/h4-11,16,19H,3H2,1-2H3/t16-/m0/s1. The molecule has 0 amide bonds. The van der Waals surface area contributed by atoms with Crippen LogP contribution in [0, 0.1) is 6.92 Å². The molecule has 5 nitrogen and oxygen atoms in total. The van der Waals surface area contributed by atoms with E-state index in [1.165, 1.54) is 12.1 Å². The van der Waals surface area contributed by atoms with Gasteiger partial charge in [0.2, 0.25) is 10.0 Å². The molecule has 7 heteroatoms. The minimum Gasteiger partial charge on any atom is -0.465 e. The zero-order valence-corrected chi connectivity index (χ0v) is 14.9. The molecule has 0 unspecified atom stereocenters. The molecule has 2 rings (SSSR count). The summed E-state index contributed by atoms with van der Waals surface area (Å²) in [6.45, 7) is 3.67. The number of halogens is 1. The summed E-state index contributed by atoms with van der Waals surface area (Å²) in [7, 11) is -3.88. The van der Waals surface area contributed by atoms with E-state index < -0.39 is 22.0 Å². The van der Waals surface area contributed by atoms with Gasteiger partial charge in [-0.2, -0.15) is 4.72 Å². The van der Waals surface area contributed by atoms with E-state index in [9.17, 15) is 13.2 Å². The first-order valence-corrected chi connectivity index (χ1v) is 9.20. The van der Waals surface area contributed by atoms with Crippen LogP contribution in [0.4, 0.5) is 0 Å². The third-order valence-electron chi connectivity index (χ3n) is 3.33. The number of rotatable bonds is 6. The molecule has 24 heavy (non-hydrogen) atoms. The minimum atomic E-state index is -3.88. The van der Waals surface area contributed by atoms with E-state index in [0.717, 1.165) is 5.56 Å². The lowest BCUT2D eigenvalue weighted by atomic mass is 10.1. The normalized spacial score (nSPS) is 12.6. The van der Waals surface area contributed by atoms with Crippen LogP contribution in [0.25, 0.3) is 0 Å². The van der Waals surface area contributed by atoms with Crippen LogP contribution in [0.2, 0.25) is 5.02 Å². The van der Waals surface area contributed by atoms with Gasteiger partial charge in [-0.05, 0) is 43.7 Å². The van der Waals surface area contributed by atoms with Crippen molar-refractivity contribution in [2.75, 3.05) is 6.61 Å². The highest BCUT2D eigenvalue weighted by Crippen LogP contribution is 2.21. The van der Waals surface area contributed by atoms with Crippen molar-refractivity contribution in [2.24, 2.45) is 0 Å². The Morgan fingerprint density at radius 2 is 1.71 bits per heavy atom. The van der Waals surface area contributed by atoms with Crippen LogP contribution >= 0.6 is 11.6 Å². The van der Waals surface area contributed by atoms with Crippen LogP contribution in [-0.4, -0.2) is 21.0 Å². The van der Waals surface area contributed by atoms with Crippen molar-refractivity contribution in [3.05, 3.63) is 64.7 Å². The quantitative estimate of drug-likeness (QED) is 0.795. The first-order valence-electron chi connectivity index (χ1n) is 7.34. The molecule has 1 atom stereocenters. The van der Waals surface area contributed by atoms with Crippen LogP contribution in [-0.2, 0) is 19.6 Å². The fourth-order valence-corrected chi connectivity index (χ4v) is 3.37. The van der Waals surface area contributed by atoms with Crippen molar-refractivity contribution < 1.29 is 17.9 Å². The number of nitrogens with one attached hydrogen (secondary N) is 1. The predicted octanol–water partition coefficient (Wildman–Crippen LogP) is 3.23. The Bertz CT molecular complexity index is 801. The fraction of sp³-hybridized carbons (Fsp3) is 0.235. The third kappa shape index (κ3) is 4.56. The van der Waals surface area contributed by atoms with Crippen LogP contribution < -0.4 is 4.72 Å². The van der Waals surface area contributed by atoms with E-state index in [1.54, 1.807) is 43.3 Å². The molecular formula is C17H18ClNO4S. The summed E-state index contributed by atoms with van der Waals surface area (Å²) in [5.74, 6) is -0.671. The molecule has 0 aliphatic heterocycles. The van der Waals surface area contributed by atoms with Gasteiger partial charge in [0.25, 0.3) is 0 Å². The molecule has 128 valence electrons. The molecule has 0 saturated heterocycles. The minimum absolute atomic E-state index is 0.0800. The smallest absolute Gasteiger partial charge is 0.328 e. The average molecular weight is 368 g/mol. The lowest BCUT2D eigenvalue weighted by molar-refractivity contribution is -0.145. The van der Waals surface area contributed by atoms with Crippen LogP contribution in [0.3, 0.4) is 0 Å². The number of benzene rings is 2. The molecule has 0 spiro atoms. The Morgan fingerprint density at radius 1 is 1.12 bits per heavy atom. The zero-order chi connectivity index (χ0) is 17.7. The second kappa shape index (κ2) is 7.79. The molecule has 0 bridgehead atoms. The van der Waals surface area contributed by atoms with Crippen LogP contribution in [0.5, 0.6) is 0 Å². The SMILES string of the molecule is CCOC(=O)[C@@H](NS(=O)(=O)c1ccc(C)cc1)c1ccc(Cl)cc1. The number of hydrogen-bond acceptors (Lipinski definition) is 4. The Morgan fingerprint density at radius 3 is 2.25 bits per heavy atom. The van der Waals surface area contributed by atoms with Crippen molar-refractivity contribution in [2.45, 2.75) is 24.8 Å². The Balaban J connectivity index is 2.35. The van der Waals surface area contributed by atoms with E-state index in [1.807, 2.05) is 6.92 Å². The van der Waals surface area contributed by atoms with E-state index >= 15 is 0 Å². The second-order valence-electron chi connectivity index (χ2n) is 5.17. The van der Waals surface area contributed by atoms with E-state index in [0.29, 0.717) is 10.6 Å². The molecule has 0 aliphatic carbocycles. The van der Waals surface area contributed by atoms with Gasteiger partial charge in [0, 0.05) is 5.02 Å². The molecule has 2 aromatic carbocycles. The van der Waals surface area contributed by atoms with Gasteiger partial charge in [-0.3, -0.25) is 0 Å². The summed E-state index contributed by atoms with van der Waals surface area (Å²) in [4.78, 5) is 12.3. The highest BCUT2D eigenvalue weighted by Gasteiger charge is 2.28. The Kier molecular flexibility index (Phi) is 5.99. The van der Waals surface area contributed by atoms with Gasteiger partial charge in [0.05, 0.1) is 11.5 Å². The van der Waals surface area contributed by atoms with E-state index in [-0.39, 0.29) is 11.5 Å². The number of hydrogen-bond donors (Lipinski definition) is 1. The molecule has 0 saturated carbocycles. The van der Waals surface area contributed by atoms with Crippen molar-refractivity contribution >= 4 is 27.6 Å². The second-order valence-corrected chi connectivity index (χ2v) is 7.32. The van der Waals surface area contributed by atoms with Gasteiger partial charge < -0.3 is 4.74 Å². The van der Waals surface area contributed by atoms with Gasteiger partial charge in [0.1, 0.15) is 6.04 Å². The lowest BCUT2D eigenvalue weighted by Crippen LogP contribution is -2.35. The van der Waals surface area contributed by atoms with Gasteiger partial charge >= 0.3 is 5.97 Å².